The van der Waals surface area contributed by atoms with Crippen molar-refractivity contribution in [3.05, 3.63) is 48.0 Å². The number of ether oxygens (including phenoxy) is 2. The van der Waals surface area contributed by atoms with Crippen LogP contribution < -0.4 is 9.47 Å². The first-order chi connectivity index (χ1) is 10.7. The molecule has 3 rings (SSSR count). The van der Waals surface area contributed by atoms with Crippen molar-refractivity contribution in [1.29, 1.82) is 0 Å². The largest absolute Gasteiger partial charge is 0.493 e. The molecule has 0 saturated carbocycles. The van der Waals surface area contributed by atoms with Crippen LogP contribution in [0.15, 0.2) is 42.5 Å². The highest BCUT2D eigenvalue weighted by Gasteiger charge is 2.29. The maximum absolute atomic E-state index is 9.52. The summed E-state index contributed by atoms with van der Waals surface area (Å²) in [6.07, 6.45) is 0.648. The van der Waals surface area contributed by atoms with Crippen LogP contribution in [-0.4, -0.2) is 33.0 Å². The normalized spacial score (nSPS) is 17.6. The molecule has 1 aliphatic rings. The Balaban J connectivity index is 1.92. The van der Waals surface area contributed by atoms with Gasteiger partial charge in [0.15, 0.2) is 11.5 Å². The fourth-order valence-corrected chi connectivity index (χ4v) is 2.83. The van der Waals surface area contributed by atoms with Crippen molar-refractivity contribution >= 4 is 7.12 Å². The zero-order chi connectivity index (χ0) is 15.5. The predicted octanol–water partition coefficient (Wildman–Crippen LogP) is 2.97. The fourth-order valence-electron chi connectivity index (χ4n) is 2.83. The second-order valence-corrected chi connectivity index (χ2v) is 5.42. The van der Waals surface area contributed by atoms with Crippen LogP contribution in [0, 0.1) is 0 Å². The van der Waals surface area contributed by atoms with Crippen LogP contribution in [-0.2, 0) is 4.65 Å². The van der Waals surface area contributed by atoms with E-state index in [1.807, 2.05) is 24.3 Å². The van der Waals surface area contributed by atoms with Gasteiger partial charge in [-0.15, -0.1) is 0 Å². The van der Waals surface area contributed by atoms with Crippen molar-refractivity contribution in [3.63, 3.8) is 0 Å². The molecule has 1 heterocycles. The number of rotatable bonds is 4. The second kappa shape index (κ2) is 6.42. The Hall–Kier alpha value is -1.98. The van der Waals surface area contributed by atoms with Crippen LogP contribution in [0.3, 0.4) is 0 Å². The van der Waals surface area contributed by atoms with Crippen molar-refractivity contribution in [2.45, 2.75) is 12.2 Å². The molecule has 114 valence electrons. The zero-order valence-corrected chi connectivity index (χ0v) is 12.8. The SMILES string of the molecule is COc1ccc(-c2cccc([C@H]3COB(O)C3)c2)cc1OC. The number of benzene rings is 2. The van der Waals surface area contributed by atoms with Crippen LogP contribution in [0.25, 0.3) is 11.1 Å². The van der Waals surface area contributed by atoms with Crippen molar-refractivity contribution in [1.82, 2.24) is 0 Å². The van der Waals surface area contributed by atoms with E-state index in [0.717, 1.165) is 16.9 Å². The van der Waals surface area contributed by atoms with Crippen molar-refractivity contribution in [2.75, 3.05) is 20.8 Å². The van der Waals surface area contributed by atoms with Crippen molar-refractivity contribution in [2.24, 2.45) is 0 Å². The summed E-state index contributed by atoms with van der Waals surface area (Å²) in [5.41, 5.74) is 3.36. The van der Waals surface area contributed by atoms with E-state index in [1.54, 1.807) is 14.2 Å². The molecule has 2 aromatic rings. The first-order valence-corrected chi connectivity index (χ1v) is 7.33. The lowest BCUT2D eigenvalue weighted by Crippen LogP contribution is -2.07. The number of methoxy groups -OCH3 is 2. The Kier molecular flexibility index (Phi) is 4.36. The molecule has 0 bridgehead atoms. The molecule has 4 nitrogen and oxygen atoms in total. The molecule has 2 aromatic carbocycles. The van der Waals surface area contributed by atoms with Crippen molar-refractivity contribution in [3.8, 4) is 22.6 Å². The molecule has 1 saturated heterocycles. The van der Waals surface area contributed by atoms with E-state index in [0.29, 0.717) is 18.7 Å². The Morgan fingerprint density at radius 1 is 1.05 bits per heavy atom. The predicted molar refractivity (Wildman–Crippen MR) is 86.5 cm³/mol. The van der Waals surface area contributed by atoms with Crippen LogP contribution in [0.4, 0.5) is 0 Å². The van der Waals surface area contributed by atoms with E-state index in [1.165, 1.54) is 5.56 Å². The smallest absolute Gasteiger partial charge is 0.454 e. The molecule has 0 aromatic heterocycles. The lowest BCUT2D eigenvalue weighted by Gasteiger charge is -2.12. The first kappa shape index (κ1) is 14.9. The lowest BCUT2D eigenvalue weighted by molar-refractivity contribution is 0.292. The molecule has 0 unspecified atom stereocenters. The third-order valence-electron chi connectivity index (χ3n) is 4.05. The molecule has 5 heteroatoms. The van der Waals surface area contributed by atoms with Gasteiger partial charge in [-0.3, -0.25) is 0 Å². The van der Waals surface area contributed by atoms with Crippen LogP contribution >= 0.6 is 0 Å². The van der Waals surface area contributed by atoms with Crippen LogP contribution in [0.1, 0.15) is 11.5 Å². The third kappa shape index (κ3) is 2.96. The third-order valence-corrected chi connectivity index (χ3v) is 4.05. The molecule has 1 atom stereocenters. The van der Waals surface area contributed by atoms with Gasteiger partial charge < -0.3 is 19.2 Å². The van der Waals surface area contributed by atoms with Crippen LogP contribution in [0.2, 0.25) is 6.32 Å². The molecular formula is C17H19BO4. The highest BCUT2D eigenvalue weighted by molar-refractivity contribution is 6.43. The van der Waals surface area contributed by atoms with E-state index in [9.17, 15) is 5.02 Å². The minimum atomic E-state index is -0.644. The zero-order valence-electron chi connectivity index (χ0n) is 12.8. The van der Waals surface area contributed by atoms with Gasteiger partial charge in [0.25, 0.3) is 0 Å². The summed E-state index contributed by atoms with van der Waals surface area (Å²) in [4.78, 5) is 0. The minimum absolute atomic E-state index is 0.245. The fraction of sp³-hybridized carbons (Fsp3) is 0.294. The van der Waals surface area contributed by atoms with E-state index in [4.69, 9.17) is 14.1 Å². The van der Waals surface area contributed by atoms with E-state index >= 15 is 0 Å². The maximum atomic E-state index is 9.52. The highest BCUT2D eigenvalue weighted by atomic mass is 16.5. The Bertz CT molecular complexity index is 659. The van der Waals surface area contributed by atoms with Gasteiger partial charge in [0.1, 0.15) is 0 Å². The Morgan fingerprint density at radius 2 is 1.82 bits per heavy atom. The standard InChI is InChI=1S/C17H19BO4/c1-20-16-7-6-14(9-17(16)21-2)12-4-3-5-13(8-12)15-10-18(19)22-11-15/h3-9,15,19H,10-11H2,1-2H3/t15-/m1/s1. The molecule has 0 aliphatic carbocycles. The average Bonchev–Trinajstić information content (AvgIpc) is 3.01. The van der Waals surface area contributed by atoms with Gasteiger partial charge in [0, 0.05) is 12.5 Å². The monoisotopic (exact) mass is 298 g/mol. The Morgan fingerprint density at radius 3 is 2.50 bits per heavy atom. The first-order valence-electron chi connectivity index (χ1n) is 7.33. The van der Waals surface area contributed by atoms with E-state index in [-0.39, 0.29) is 5.92 Å². The van der Waals surface area contributed by atoms with E-state index < -0.39 is 7.12 Å². The summed E-state index contributed by atoms with van der Waals surface area (Å²) in [6, 6.07) is 14.2. The van der Waals surface area contributed by atoms with Gasteiger partial charge in [-0.1, -0.05) is 30.3 Å². The molecule has 0 amide bonds. The molecule has 1 fully saturated rings. The summed E-state index contributed by atoms with van der Waals surface area (Å²) in [5.74, 6) is 1.68. The molecule has 0 spiro atoms. The quantitative estimate of drug-likeness (QED) is 0.882. The topological polar surface area (TPSA) is 47.9 Å². The number of hydrogen-bond donors (Lipinski definition) is 1. The summed E-state index contributed by atoms with van der Waals surface area (Å²) in [7, 11) is 2.62. The number of hydrogen-bond acceptors (Lipinski definition) is 4. The summed E-state index contributed by atoms with van der Waals surface area (Å²) in [6.45, 7) is 0.566. The molecule has 1 aliphatic heterocycles. The van der Waals surface area contributed by atoms with Crippen molar-refractivity contribution < 1.29 is 19.2 Å². The lowest BCUT2D eigenvalue weighted by atomic mass is 9.79. The van der Waals surface area contributed by atoms with Gasteiger partial charge in [-0.05, 0) is 35.1 Å². The molecule has 22 heavy (non-hydrogen) atoms. The van der Waals surface area contributed by atoms with Gasteiger partial charge in [0.05, 0.1) is 14.2 Å². The maximum Gasteiger partial charge on any atom is 0.454 e. The van der Waals surface area contributed by atoms with Gasteiger partial charge in [0.2, 0.25) is 0 Å². The molecule has 0 radical (unpaired) electrons. The van der Waals surface area contributed by atoms with Crippen LogP contribution in [0.5, 0.6) is 11.5 Å². The average molecular weight is 298 g/mol. The minimum Gasteiger partial charge on any atom is -0.493 e. The summed E-state index contributed by atoms with van der Waals surface area (Å²) >= 11 is 0. The highest BCUT2D eigenvalue weighted by Crippen LogP contribution is 2.34. The van der Waals surface area contributed by atoms with Gasteiger partial charge in [-0.25, -0.2) is 0 Å². The van der Waals surface area contributed by atoms with Gasteiger partial charge in [-0.2, -0.15) is 0 Å². The van der Waals surface area contributed by atoms with Gasteiger partial charge >= 0.3 is 7.12 Å². The Labute approximate surface area is 130 Å². The van der Waals surface area contributed by atoms with E-state index in [2.05, 4.69) is 18.2 Å². The summed E-state index contributed by atoms with van der Waals surface area (Å²) < 4.78 is 15.9. The molecule has 1 N–H and O–H groups in total. The molecular weight excluding hydrogens is 279 g/mol. The summed E-state index contributed by atoms with van der Waals surface area (Å²) in [5, 5.41) is 9.52. The second-order valence-electron chi connectivity index (χ2n) is 5.42.